The van der Waals surface area contributed by atoms with Crippen molar-refractivity contribution in [2.75, 3.05) is 6.61 Å². The predicted octanol–water partition coefficient (Wildman–Crippen LogP) is 0.688. The molecule has 0 aromatic carbocycles. The number of terminal acetylenes is 1. The number of aliphatic hydroxyl groups excluding tert-OH is 1. The molecule has 1 heterocycles. The minimum absolute atomic E-state index is 0.320. The SMILES string of the molecule is C#C/C=C/C(O)C1COC(C)(C)O1. The van der Waals surface area contributed by atoms with Crippen molar-refractivity contribution in [2.24, 2.45) is 0 Å². The van der Waals surface area contributed by atoms with E-state index in [1.807, 2.05) is 13.8 Å². The first-order chi connectivity index (χ1) is 6.05. The van der Waals surface area contributed by atoms with Gasteiger partial charge in [0.1, 0.15) is 12.2 Å². The summed E-state index contributed by atoms with van der Waals surface area (Å²) in [5.74, 6) is 1.70. The van der Waals surface area contributed by atoms with E-state index in [1.165, 1.54) is 12.2 Å². The van der Waals surface area contributed by atoms with Gasteiger partial charge in [-0.05, 0) is 26.0 Å². The summed E-state index contributed by atoms with van der Waals surface area (Å²) in [6, 6.07) is 0. The number of rotatable bonds is 2. The average molecular weight is 182 g/mol. The molecule has 1 rings (SSSR count). The fraction of sp³-hybridized carbons (Fsp3) is 0.600. The molecule has 0 aromatic heterocycles. The van der Waals surface area contributed by atoms with Crippen molar-refractivity contribution >= 4 is 0 Å². The van der Waals surface area contributed by atoms with Gasteiger partial charge in [0.05, 0.1) is 6.61 Å². The minimum Gasteiger partial charge on any atom is -0.386 e. The summed E-state index contributed by atoms with van der Waals surface area (Å²) in [6.07, 6.45) is 6.97. The Morgan fingerprint density at radius 2 is 2.38 bits per heavy atom. The highest BCUT2D eigenvalue weighted by molar-refractivity contribution is 5.11. The summed E-state index contributed by atoms with van der Waals surface area (Å²) in [5.41, 5.74) is 0. The number of aliphatic hydroxyl groups is 1. The molecule has 0 bridgehead atoms. The van der Waals surface area contributed by atoms with Crippen LogP contribution in [0.15, 0.2) is 12.2 Å². The normalized spacial score (nSPS) is 28.9. The summed E-state index contributed by atoms with van der Waals surface area (Å²) >= 11 is 0. The molecule has 0 radical (unpaired) electrons. The van der Waals surface area contributed by atoms with Gasteiger partial charge in [0, 0.05) is 0 Å². The predicted molar refractivity (Wildman–Crippen MR) is 48.9 cm³/mol. The molecule has 2 unspecified atom stereocenters. The molecule has 13 heavy (non-hydrogen) atoms. The van der Waals surface area contributed by atoms with Gasteiger partial charge >= 0.3 is 0 Å². The Balaban J connectivity index is 2.47. The third-order valence-electron chi connectivity index (χ3n) is 1.80. The van der Waals surface area contributed by atoms with Crippen LogP contribution < -0.4 is 0 Å². The maximum absolute atomic E-state index is 9.52. The summed E-state index contributed by atoms with van der Waals surface area (Å²) < 4.78 is 10.7. The molecule has 0 aromatic rings. The molecular weight excluding hydrogens is 168 g/mol. The van der Waals surface area contributed by atoms with Crippen LogP contribution >= 0.6 is 0 Å². The first-order valence-corrected chi connectivity index (χ1v) is 4.18. The highest BCUT2D eigenvalue weighted by Crippen LogP contribution is 2.24. The van der Waals surface area contributed by atoms with Crippen molar-refractivity contribution in [3.8, 4) is 12.3 Å². The van der Waals surface area contributed by atoms with Crippen LogP contribution in [0.1, 0.15) is 13.8 Å². The fourth-order valence-corrected chi connectivity index (χ4v) is 1.16. The van der Waals surface area contributed by atoms with Crippen LogP contribution in [0.3, 0.4) is 0 Å². The van der Waals surface area contributed by atoms with Crippen molar-refractivity contribution in [1.29, 1.82) is 0 Å². The monoisotopic (exact) mass is 182 g/mol. The third-order valence-corrected chi connectivity index (χ3v) is 1.80. The summed E-state index contributed by atoms with van der Waals surface area (Å²) in [5, 5.41) is 9.52. The topological polar surface area (TPSA) is 38.7 Å². The molecule has 0 saturated carbocycles. The first kappa shape index (κ1) is 10.3. The number of hydrogen-bond acceptors (Lipinski definition) is 3. The molecule has 1 fully saturated rings. The summed E-state index contributed by atoms with van der Waals surface area (Å²) in [6.45, 7) is 4.01. The second-order valence-corrected chi connectivity index (χ2v) is 3.38. The van der Waals surface area contributed by atoms with Gasteiger partial charge in [-0.3, -0.25) is 0 Å². The largest absolute Gasteiger partial charge is 0.386 e. The Kier molecular flexibility index (Phi) is 3.10. The summed E-state index contributed by atoms with van der Waals surface area (Å²) in [7, 11) is 0. The van der Waals surface area contributed by atoms with E-state index >= 15 is 0 Å². The smallest absolute Gasteiger partial charge is 0.163 e. The van der Waals surface area contributed by atoms with E-state index in [0.717, 1.165) is 0 Å². The fourth-order valence-electron chi connectivity index (χ4n) is 1.16. The lowest BCUT2D eigenvalue weighted by Crippen LogP contribution is -2.29. The second kappa shape index (κ2) is 3.93. The van der Waals surface area contributed by atoms with Crippen molar-refractivity contribution in [3.63, 3.8) is 0 Å². The van der Waals surface area contributed by atoms with E-state index in [2.05, 4.69) is 5.92 Å². The van der Waals surface area contributed by atoms with E-state index in [-0.39, 0.29) is 6.10 Å². The lowest BCUT2D eigenvalue weighted by Gasteiger charge is -2.18. The molecule has 3 nitrogen and oxygen atoms in total. The van der Waals surface area contributed by atoms with Gasteiger partial charge in [-0.25, -0.2) is 0 Å². The standard InChI is InChI=1S/C10H14O3/c1-4-5-6-8(11)9-7-12-10(2,3)13-9/h1,5-6,8-9,11H,7H2,2-3H3/b6-5+. The number of hydrogen-bond donors (Lipinski definition) is 1. The number of allylic oxidation sites excluding steroid dienone is 1. The Hall–Kier alpha value is -0.820. The highest BCUT2D eigenvalue weighted by Gasteiger charge is 2.35. The van der Waals surface area contributed by atoms with Gasteiger partial charge < -0.3 is 14.6 Å². The Bertz CT molecular complexity index is 237. The number of ether oxygens (including phenoxy) is 2. The van der Waals surface area contributed by atoms with E-state index in [9.17, 15) is 5.11 Å². The molecule has 72 valence electrons. The molecule has 0 spiro atoms. The zero-order valence-corrected chi connectivity index (χ0v) is 7.86. The van der Waals surface area contributed by atoms with Crippen LogP contribution in [0.4, 0.5) is 0 Å². The molecule has 1 aliphatic rings. The van der Waals surface area contributed by atoms with Gasteiger partial charge in [-0.1, -0.05) is 5.92 Å². The molecular formula is C10H14O3. The van der Waals surface area contributed by atoms with Gasteiger partial charge in [0.15, 0.2) is 5.79 Å². The quantitative estimate of drug-likeness (QED) is 0.638. The molecule has 1 aliphatic heterocycles. The van der Waals surface area contributed by atoms with Crippen LogP contribution in [0.2, 0.25) is 0 Å². The van der Waals surface area contributed by atoms with Crippen molar-refractivity contribution in [3.05, 3.63) is 12.2 Å². The van der Waals surface area contributed by atoms with Crippen LogP contribution in [-0.4, -0.2) is 29.7 Å². The van der Waals surface area contributed by atoms with Crippen LogP contribution in [0, 0.1) is 12.3 Å². The zero-order valence-electron chi connectivity index (χ0n) is 7.86. The Morgan fingerprint density at radius 1 is 1.69 bits per heavy atom. The van der Waals surface area contributed by atoms with E-state index in [1.54, 1.807) is 0 Å². The average Bonchev–Trinajstić information content (AvgIpc) is 2.42. The lowest BCUT2D eigenvalue weighted by atomic mass is 10.2. The minimum atomic E-state index is -0.696. The molecule has 1 saturated heterocycles. The zero-order chi connectivity index (χ0) is 9.90. The highest BCUT2D eigenvalue weighted by atomic mass is 16.7. The van der Waals surface area contributed by atoms with Crippen LogP contribution in [0.5, 0.6) is 0 Å². The van der Waals surface area contributed by atoms with Crippen molar-refractivity contribution in [1.82, 2.24) is 0 Å². The maximum atomic E-state index is 9.52. The van der Waals surface area contributed by atoms with E-state index in [4.69, 9.17) is 15.9 Å². The van der Waals surface area contributed by atoms with Crippen molar-refractivity contribution < 1.29 is 14.6 Å². The van der Waals surface area contributed by atoms with Gasteiger partial charge in [0.25, 0.3) is 0 Å². The molecule has 0 amide bonds. The van der Waals surface area contributed by atoms with Crippen LogP contribution in [0.25, 0.3) is 0 Å². The lowest BCUT2D eigenvalue weighted by molar-refractivity contribution is -0.147. The Labute approximate surface area is 78.3 Å². The first-order valence-electron chi connectivity index (χ1n) is 4.18. The van der Waals surface area contributed by atoms with Gasteiger partial charge in [-0.15, -0.1) is 6.42 Å². The van der Waals surface area contributed by atoms with Crippen molar-refractivity contribution in [2.45, 2.75) is 31.8 Å². The van der Waals surface area contributed by atoms with Gasteiger partial charge in [-0.2, -0.15) is 0 Å². The molecule has 2 atom stereocenters. The third kappa shape index (κ3) is 2.85. The van der Waals surface area contributed by atoms with Crippen LogP contribution in [-0.2, 0) is 9.47 Å². The summed E-state index contributed by atoms with van der Waals surface area (Å²) in [4.78, 5) is 0. The van der Waals surface area contributed by atoms with E-state index in [0.29, 0.717) is 6.61 Å². The molecule has 1 N–H and O–H groups in total. The van der Waals surface area contributed by atoms with E-state index < -0.39 is 11.9 Å². The second-order valence-electron chi connectivity index (χ2n) is 3.38. The Morgan fingerprint density at radius 3 is 2.85 bits per heavy atom. The van der Waals surface area contributed by atoms with Gasteiger partial charge in [0.2, 0.25) is 0 Å². The maximum Gasteiger partial charge on any atom is 0.163 e. The molecule has 0 aliphatic carbocycles. The molecule has 3 heteroatoms.